The van der Waals surface area contributed by atoms with Gasteiger partial charge in [-0.15, -0.1) is 0 Å². The first-order valence-corrected chi connectivity index (χ1v) is 4.99. The van der Waals surface area contributed by atoms with Crippen LogP contribution in [0.3, 0.4) is 0 Å². The maximum atomic E-state index is 12.8. The van der Waals surface area contributed by atoms with E-state index in [4.69, 9.17) is 9.47 Å². The van der Waals surface area contributed by atoms with Crippen LogP contribution in [-0.2, 0) is 4.74 Å². The molecular formula is C10H12BF4KO2. The molecule has 0 radical (unpaired) electrons. The van der Waals surface area contributed by atoms with Gasteiger partial charge in [0.15, 0.2) is 0 Å². The van der Waals surface area contributed by atoms with Crippen molar-refractivity contribution < 1.29 is 78.2 Å². The van der Waals surface area contributed by atoms with Crippen LogP contribution in [-0.4, -0.2) is 26.8 Å². The Bertz CT molecular complexity index is 387. The van der Waals surface area contributed by atoms with Gasteiger partial charge in [-0.05, 0) is 25.1 Å². The number of ether oxygens (including phenoxy) is 2. The van der Waals surface area contributed by atoms with Gasteiger partial charge in [0, 0.05) is 7.11 Å². The average molecular weight is 290 g/mol. The monoisotopic (exact) mass is 290 g/mol. The van der Waals surface area contributed by atoms with Crippen molar-refractivity contribution in [2.75, 3.05) is 13.7 Å². The molecule has 0 saturated carbocycles. The van der Waals surface area contributed by atoms with Crippen LogP contribution in [0.15, 0.2) is 18.2 Å². The molecule has 1 aromatic carbocycles. The third-order valence-electron chi connectivity index (χ3n) is 2.05. The predicted molar refractivity (Wildman–Crippen MR) is 57.1 cm³/mol. The van der Waals surface area contributed by atoms with Crippen LogP contribution in [0.2, 0.25) is 0 Å². The molecule has 0 N–H and O–H groups in total. The van der Waals surface area contributed by atoms with Gasteiger partial charge in [0.25, 0.3) is 0 Å². The topological polar surface area (TPSA) is 18.5 Å². The third-order valence-corrected chi connectivity index (χ3v) is 2.05. The van der Waals surface area contributed by atoms with Crippen LogP contribution >= 0.6 is 0 Å². The molecule has 0 amide bonds. The second-order valence-corrected chi connectivity index (χ2v) is 3.64. The van der Waals surface area contributed by atoms with E-state index in [0.717, 1.165) is 12.1 Å². The second-order valence-electron chi connectivity index (χ2n) is 3.64. The molecule has 0 aliphatic carbocycles. The smallest absolute Gasteiger partial charge is 0.491 e. The number of methoxy groups -OCH3 is 1. The second kappa shape index (κ2) is 7.86. The summed E-state index contributed by atoms with van der Waals surface area (Å²) >= 11 is 0. The molecule has 1 aromatic rings. The molecule has 0 aromatic heterocycles. The van der Waals surface area contributed by atoms with E-state index in [-0.39, 0.29) is 63.7 Å². The fourth-order valence-corrected chi connectivity index (χ4v) is 1.37. The summed E-state index contributed by atoms with van der Waals surface area (Å²) in [6, 6.07) is 2.35. The molecule has 96 valence electrons. The molecule has 0 bridgehead atoms. The van der Waals surface area contributed by atoms with Crippen molar-refractivity contribution in [3.8, 4) is 5.75 Å². The Balaban J connectivity index is 0.00000289. The molecule has 8 heteroatoms. The summed E-state index contributed by atoms with van der Waals surface area (Å²) in [5.74, 6) is -1.31. The largest absolute Gasteiger partial charge is 1.00 e. The Morgan fingerprint density at radius 3 is 2.39 bits per heavy atom. The van der Waals surface area contributed by atoms with E-state index in [0.29, 0.717) is 6.07 Å². The van der Waals surface area contributed by atoms with E-state index in [1.165, 1.54) is 7.11 Å². The number of halogens is 4. The summed E-state index contributed by atoms with van der Waals surface area (Å²) in [5.41, 5.74) is -1.06. The standard InChI is InChI=1S/C10H12BF4O2.K/c1-7(6-16-2)17-10-4-3-8(12)5-9(10)11(13,14)15;/h3-5,7H,6H2,1-2H3;/q-1;+1. The zero-order valence-electron chi connectivity index (χ0n) is 10.4. The Morgan fingerprint density at radius 1 is 1.28 bits per heavy atom. The number of benzene rings is 1. The van der Waals surface area contributed by atoms with Crippen molar-refractivity contribution in [1.82, 2.24) is 0 Å². The van der Waals surface area contributed by atoms with Crippen molar-refractivity contribution in [2.24, 2.45) is 0 Å². The fraction of sp³-hybridized carbons (Fsp3) is 0.400. The van der Waals surface area contributed by atoms with Gasteiger partial charge in [-0.3, -0.25) is 0 Å². The van der Waals surface area contributed by atoms with Crippen LogP contribution < -0.4 is 61.6 Å². The van der Waals surface area contributed by atoms with Crippen LogP contribution in [0.5, 0.6) is 5.75 Å². The maximum absolute atomic E-state index is 12.8. The molecule has 0 saturated heterocycles. The van der Waals surface area contributed by atoms with E-state index in [1.54, 1.807) is 6.92 Å². The average Bonchev–Trinajstić information content (AvgIpc) is 2.19. The molecule has 2 nitrogen and oxygen atoms in total. The predicted octanol–water partition coefficient (Wildman–Crippen LogP) is -0.702. The van der Waals surface area contributed by atoms with E-state index in [1.807, 2.05) is 0 Å². The van der Waals surface area contributed by atoms with E-state index < -0.39 is 24.4 Å². The van der Waals surface area contributed by atoms with E-state index >= 15 is 0 Å². The first kappa shape index (κ1) is 18.4. The minimum Gasteiger partial charge on any atom is -0.491 e. The molecule has 0 heterocycles. The quantitative estimate of drug-likeness (QED) is 0.527. The minimum absolute atomic E-state index is 0. The van der Waals surface area contributed by atoms with Gasteiger partial charge < -0.3 is 22.4 Å². The zero-order chi connectivity index (χ0) is 13.1. The van der Waals surface area contributed by atoms with Crippen LogP contribution in [0.25, 0.3) is 0 Å². The van der Waals surface area contributed by atoms with Crippen molar-refractivity contribution in [3.63, 3.8) is 0 Å². The summed E-state index contributed by atoms with van der Waals surface area (Å²) in [5, 5.41) is 0. The summed E-state index contributed by atoms with van der Waals surface area (Å²) in [4.78, 5) is 0. The summed E-state index contributed by atoms with van der Waals surface area (Å²) in [6.45, 7) is -3.58. The Morgan fingerprint density at radius 2 is 1.89 bits per heavy atom. The van der Waals surface area contributed by atoms with Gasteiger partial charge in [0.2, 0.25) is 0 Å². The van der Waals surface area contributed by atoms with Gasteiger partial charge in [-0.25, -0.2) is 4.39 Å². The van der Waals surface area contributed by atoms with Crippen LogP contribution in [0, 0.1) is 5.82 Å². The summed E-state index contributed by atoms with van der Waals surface area (Å²) in [7, 11) is 1.42. The first-order valence-electron chi connectivity index (χ1n) is 4.99. The molecule has 1 unspecified atom stereocenters. The third kappa shape index (κ3) is 5.58. The van der Waals surface area contributed by atoms with Gasteiger partial charge in [-0.1, -0.05) is 5.46 Å². The Hall–Kier alpha value is 0.401. The van der Waals surface area contributed by atoms with Crippen LogP contribution in [0.4, 0.5) is 17.3 Å². The molecular weight excluding hydrogens is 278 g/mol. The van der Waals surface area contributed by atoms with Gasteiger partial charge >= 0.3 is 58.4 Å². The maximum Gasteiger partial charge on any atom is 1.00 e. The molecule has 0 fully saturated rings. The zero-order valence-corrected chi connectivity index (χ0v) is 13.5. The molecule has 18 heavy (non-hydrogen) atoms. The van der Waals surface area contributed by atoms with Gasteiger partial charge in [0.05, 0.1) is 12.4 Å². The van der Waals surface area contributed by atoms with Crippen molar-refractivity contribution in [1.29, 1.82) is 0 Å². The van der Waals surface area contributed by atoms with Crippen molar-refractivity contribution >= 4 is 12.4 Å². The minimum atomic E-state index is -5.30. The van der Waals surface area contributed by atoms with Crippen molar-refractivity contribution in [2.45, 2.75) is 13.0 Å². The number of rotatable bonds is 5. The first-order chi connectivity index (χ1) is 7.84. The fourth-order valence-electron chi connectivity index (χ4n) is 1.37. The van der Waals surface area contributed by atoms with Crippen LogP contribution in [0.1, 0.15) is 6.92 Å². The molecule has 0 aliphatic heterocycles. The Labute approximate surface area is 146 Å². The van der Waals surface area contributed by atoms with E-state index in [2.05, 4.69) is 0 Å². The molecule has 1 rings (SSSR count). The van der Waals surface area contributed by atoms with Gasteiger partial charge in [0.1, 0.15) is 11.9 Å². The van der Waals surface area contributed by atoms with E-state index in [9.17, 15) is 17.3 Å². The number of hydrogen-bond acceptors (Lipinski definition) is 2. The summed E-state index contributed by atoms with van der Waals surface area (Å²) < 4.78 is 60.6. The van der Waals surface area contributed by atoms with Gasteiger partial charge in [-0.2, -0.15) is 0 Å². The summed E-state index contributed by atoms with van der Waals surface area (Å²) in [6.07, 6.45) is -0.539. The normalized spacial score (nSPS) is 12.8. The molecule has 0 spiro atoms. The SMILES string of the molecule is COCC(C)Oc1ccc(F)cc1[B-](F)(F)F.[K+]. The molecule has 1 atom stereocenters. The van der Waals surface area contributed by atoms with Crippen molar-refractivity contribution in [3.05, 3.63) is 24.0 Å². The Kier molecular flexibility index (Phi) is 8.04. The number of hydrogen-bond donors (Lipinski definition) is 0. The molecule has 0 aliphatic rings.